The topological polar surface area (TPSA) is 97.4 Å². The molecule has 0 amide bonds. The average molecular weight is 389 g/mol. The summed E-state index contributed by atoms with van der Waals surface area (Å²) in [7, 11) is -2.04. The molecular weight excluding hydrogens is 366 g/mol. The number of aromatic nitrogens is 2. The molecule has 8 heteroatoms. The normalized spacial score (nSPS) is 13.2. The minimum atomic E-state index is -3.80. The number of hydrogen-bond donors (Lipinski definition) is 2. The smallest absolute Gasteiger partial charge is 0.259 e. The van der Waals surface area contributed by atoms with Crippen LogP contribution in [-0.2, 0) is 17.1 Å². The van der Waals surface area contributed by atoms with E-state index in [1.165, 1.54) is 6.20 Å². The molecule has 0 aliphatic heterocycles. The standard InChI is InChI=1S/C19H23N3O4S/c1-13(2)19-21-18(12-22(19)3)27(24,25)20-11-16(23)14-6-8-15(9-7-14)17-5-4-10-26-17/h4-10,12-13,16,20,23H,11H2,1-3H3/t16-/m0/s1. The Kier molecular flexibility index (Phi) is 5.50. The molecule has 0 bridgehead atoms. The van der Waals surface area contributed by atoms with Crippen molar-refractivity contribution in [2.75, 3.05) is 6.54 Å². The van der Waals surface area contributed by atoms with E-state index in [1.807, 2.05) is 32.0 Å². The summed E-state index contributed by atoms with van der Waals surface area (Å²) in [6.07, 6.45) is 2.09. The molecular formula is C19H23N3O4S. The molecule has 2 aromatic heterocycles. The van der Waals surface area contributed by atoms with Crippen molar-refractivity contribution < 1.29 is 17.9 Å². The van der Waals surface area contributed by atoms with E-state index in [9.17, 15) is 13.5 Å². The van der Waals surface area contributed by atoms with Gasteiger partial charge in [0.15, 0.2) is 5.03 Å². The van der Waals surface area contributed by atoms with Gasteiger partial charge >= 0.3 is 0 Å². The lowest BCUT2D eigenvalue weighted by Gasteiger charge is -2.12. The van der Waals surface area contributed by atoms with Crippen LogP contribution in [0, 0.1) is 0 Å². The van der Waals surface area contributed by atoms with Crippen molar-refractivity contribution >= 4 is 10.0 Å². The second-order valence-electron chi connectivity index (χ2n) is 6.67. The quantitative estimate of drug-likeness (QED) is 0.648. The molecule has 1 atom stereocenters. The number of sulfonamides is 1. The molecule has 3 aromatic rings. The van der Waals surface area contributed by atoms with Crippen LogP contribution in [0.1, 0.15) is 37.3 Å². The van der Waals surface area contributed by atoms with Crippen LogP contribution in [0.15, 0.2) is 58.3 Å². The van der Waals surface area contributed by atoms with E-state index in [-0.39, 0.29) is 17.5 Å². The van der Waals surface area contributed by atoms with Crippen LogP contribution >= 0.6 is 0 Å². The predicted molar refractivity (Wildman–Crippen MR) is 102 cm³/mol. The molecule has 0 fully saturated rings. The summed E-state index contributed by atoms with van der Waals surface area (Å²) in [6, 6.07) is 10.8. The summed E-state index contributed by atoms with van der Waals surface area (Å²) in [5.41, 5.74) is 1.49. The van der Waals surface area contributed by atoms with Crippen LogP contribution in [0.2, 0.25) is 0 Å². The number of aryl methyl sites for hydroxylation is 1. The van der Waals surface area contributed by atoms with Crippen molar-refractivity contribution in [1.82, 2.24) is 14.3 Å². The molecule has 0 aliphatic rings. The molecule has 0 unspecified atom stereocenters. The van der Waals surface area contributed by atoms with E-state index >= 15 is 0 Å². The molecule has 0 saturated heterocycles. The van der Waals surface area contributed by atoms with Gasteiger partial charge in [-0.15, -0.1) is 0 Å². The summed E-state index contributed by atoms with van der Waals surface area (Å²) in [6.45, 7) is 3.75. The third-order valence-electron chi connectivity index (χ3n) is 4.25. The van der Waals surface area contributed by atoms with Gasteiger partial charge in [0, 0.05) is 31.3 Å². The van der Waals surface area contributed by atoms with E-state index < -0.39 is 16.1 Å². The Morgan fingerprint density at radius 3 is 2.48 bits per heavy atom. The van der Waals surface area contributed by atoms with Gasteiger partial charge in [0.1, 0.15) is 11.6 Å². The van der Waals surface area contributed by atoms with Crippen LogP contribution in [0.5, 0.6) is 0 Å². The highest BCUT2D eigenvalue weighted by Gasteiger charge is 2.22. The zero-order valence-electron chi connectivity index (χ0n) is 15.5. The largest absolute Gasteiger partial charge is 0.464 e. The lowest BCUT2D eigenvalue weighted by Crippen LogP contribution is -2.28. The number of aliphatic hydroxyl groups is 1. The Morgan fingerprint density at radius 1 is 1.22 bits per heavy atom. The molecule has 0 radical (unpaired) electrons. The Hall–Kier alpha value is -2.42. The number of benzene rings is 1. The van der Waals surface area contributed by atoms with Gasteiger partial charge in [0.2, 0.25) is 0 Å². The zero-order chi connectivity index (χ0) is 19.6. The minimum absolute atomic E-state index is 0.0472. The summed E-state index contributed by atoms with van der Waals surface area (Å²) in [5, 5.41) is 10.3. The fourth-order valence-corrected chi connectivity index (χ4v) is 3.85. The van der Waals surface area contributed by atoms with Gasteiger partial charge in [-0.25, -0.2) is 18.1 Å². The SMILES string of the molecule is CC(C)c1nc(S(=O)(=O)NC[C@H](O)c2ccc(-c3ccco3)cc2)cn1C. The van der Waals surface area contributed by atoms with Gasteiger partial charge in [0.05, 0.1) is 12.4 Å². The van der Waals surface area contributed by atoms with Gasteiger partial charge < -0.3 is 14.1 Å². The second kappa shape index (κ2) is 7.67. The molecule has 0 spiro atoms. The Morgan fingerprint density at radius 2 is 1.93 bits per heavy atom. The van der Waals surface area contributed by atoms with Crippen molar-refractivity contribution in [2.45, 2.75) is 30.9 Å². The Bertz CT molecular complexity index is 990. The van der Waals surface area contributed by atoms with Crippen LogP contribution in [0.4, 0.5) is 0 Å². The molecule has 2 heterocycles. The second-order valence-corrected chi connectivity index (χ2v) is 8.38. The summed E-state index contributed by atoms with van der Waals surface area (Å²) in [5.74, 6) is 1.52. The maximum atomic E-state index is 12.5. The number of aliphatic hydroxyl groups excluding tert-OH is 1. The van der Waals surface area contributed by atoms with Gasteiger partial charge in [0.25, 0.3) is 10.0 Å². The van der Waals surface area contributed by atoms with Crippen molar-refractivity contribution in [3.63, 3.8) is 0 Å². The number of rotatable bonds is 7. The fourth-order valence-electron chi connectivity index (χ4n) is 2.81. The van der Waals surface area contributed by atoms with E-state index in [2.05, 4.69) is 9.71 Å². The van der Waals surface area contributed by atoms with Crippen LogP contribution < -0.4 is 4.72 Å². The Balaban J connectivity index is 1.67. The van der Waals surface area contributed by atoms with Gasteiger partial charge in [-0.1, -0.05) is 38.1 Å². The molecule has 0 aliphatic carbocycles. The summed E-state index contributed by atoms with van der Waals surface area (Å²) >= 11 is 0. The van der Waals surface area contributed by atoms with Gasteiger partial charge in [-0.3, -0.25) is 0 Å². The van der Waals surface area contributed by atoms with E-state index in [0.717, 1.165) is 11.3 Å². The first-order valence-corrected chi connectivity index (χ1v) is 10.1. The molecule has 7 nitrogen and oxygen atoms in total. The van der Waals surface area contributed by atoms with Crippen molar-refractivity contribution in [3.05, 3.63) is 60.2 Å². The van der Waals surface area contributed by atoms with Crippen LogP contribution in [0.25, 0.3) is 11.3 Å². The number of nitrogens with zero attached hydrogens (tertiary/aromatic N) is 2. The molecule has 27 heavy (non-hydrogen) atoms. The molecule has 0 saturated carbocycles. The first-order valence-electron chi connectivity index (χ1n) is 8.63. The molecule has 144 valence electrons. The maximum Gasteiger partial charge on any atom is 0.259 e. The highest BCUT2D eigenvalue weighted by Crippen LogP contribution is 2.22. The number of furan rings is 1. The van der Waals surface area contributed by atoms with Crippen LogP contribution in [-0.4, -0.2) is 29.6 Å². The first-order chi connectivity index (χ1) is 12.8. The highest BCUT2D eigenvalue weighted by molar-refractivity contribution is 7.89. The molecule has 1 aromatic carbocycles. The van der Waals surface area contributed by atoms with Crippen molar-refractivity contribution in [3.8, 4) is 11.3 Å². The number of hydrogen-bond acceptors (Lipinski definition) is 5. The summed E-state index contributed by atoms with van der Waals surface area (Å²) in [4.78, 5) is 4.19. The van der Waals surface area contributed by atoms with E-state index in [0.29, 0.717) is 11.4 Å². The van der Waals surface area contributed by atoms with Crippen molar-refractivity contribution in [2.24, 2.45) is 7.05 Å². The van der Waals surface area contributed by atoms with Gasteiger partial charge in [-0.05, 0) is 17.7 Å². The number of imidazole rings is 1. The maximum absolute atomic E-state index is 12.5. The predicted octanol–water partition coefficient (Wildman–Crippen LogP) is 2.82. The summed E-state index contributed by atoms with van der Waals surface area (Å²) < 4.78 is 34.4. The van der Waals surface area contributed by atoms with E-state index in [4.69, 9.17) is 4.42 Å². The molecule has 2 N–H and O–H groups in total. The third-order valence-corrected chi connectivity index (χ3v) is 5.54. The van der Waals surface area contributed by atoms with Gasteiger partial charge in [-0.2, -0.15) is 0 Å². The lowest BCUT2D eigenvalue weighted by molar-refractivity contribution is 0.182. The van der Waals surface area contributed by atoms with E-state index in [1.54, 1.807) is 36.1 Å². The molecule has 3 rings (SSSR count). The zero-order valence-corrected chi connectivity index (χ0v) is 16.3. The average Bonchev–Trinajstić information content (AvgIpc) is 3.30. The fraction of sp³-hybridized carbons (Fsp3) is 0.316. The first kappa shape index (κ1) is 19.3. The Labute approximate surface area is 158 Å². The van der Waals surface area contributed by atoms with Crippen LogP contribution in [0.3, 0.4) is 0 Å². The highest BCUT2D eigenvalue weighted by atomic mass is 32.2. The monoisotopic (exact) mass is 389 g/mol. The number of nitrogens with one attached hydrogen (secondary N) is 1. The third kappa shape index (κ3) is 4.29. The minimum Gasteiger partial charge on any atom is -0.464 e. The van der Waals surface area contributed by atoms with Crippen molar-refractivity contribution in [1.29, 1.82) is 0 Å². The lowest BCUT2D eigenvalue weighted by atomic mass is 10.1.